The van der Waals surface area contributed by atoms with Gasteiger partial charge in [0.1, 0.15) is 11.5 Å². The van der Waals surface area contributed by atoms with Crippen LogP contribution in [-0.2, 0) is 0 Å². The van der Waals surface area contributed by atoms with E-state index >= 15 is 0 Å². The van der Waals surface area contributed by atoms with Crippen molar-refractivity contribution in [3.05, 3.63) is 23.9 Å². The third-order valence-corrected chi connectivity index (χ3v) is 3.36. The van der Waals surface area contributed by atoms with Crippen molar-refractivity contribution < 1.29 is 4.79 Å². The summed E-state index contributed by atoms with van der Waals surface area (Å²) in [6.45, 7) is 3.91. The molecule has 0 N–H and O–H groups in total. The number of rotatable bonds is 2. The molecule has 1 aliphatic heterocycles. The fourth-order valence-electron chi connectivity index (χ4n) is 2.33. The van der Waals surface area contributed by atoms with Gasteiger partial charge in [-0.2, -0.15) is 0 Å². The van der Waals surface area contributed by atoms with Gasteiger partial charge >= 0.3 is 0 Å². The second-order valence-electron chi connectivity index (χ2n) is 5.27. The first kappa shape index (κ1) is 12.9. The largest absolute Gasteiger partial charge is 0.363 e. The molecule has 0 radical (unpaired) electrons. The number of carbonyl (C=O) groups is 1. The molecule has 2 heterocycles. The van der Waals surface area contributed by atoms with Gasteiger partial charge in [0.05, 0.1) is 0 Å². The Bertz CT molecular complexity index is 431. The second kappa shape index (κ2) is 5.38. The standard InChI is InChI=1S/C14H21N3O/c1-11-6-5-9-17(10-11)14(18)12-7-4-8-13(15-12)16(2)3/h4,7-8,11H,5-6,9-10H2,1-3H3. The molecule has 2 rings (SSSR count). The van der Waals surface area contributed by atoms with Crippen LogP contribution >= 0.6 is 0 Å². The Hall–Kier alpha value is -1.58. The van der Waals surface area contributed by atoms with E-state index in [0.717, 1.165) is 25.3 Å². The molecule has 0 bridgehead atoms. The number of hydrogen-bond acceptors (Lipinski definition) is 3. The highest BCUT2D eigenvalue weighted by molar-refractivity contribution is 5.92. The zero-order valence-electron chi connectivity index (χ0n) is 11.4. The van der Waals surface area contributed by atoms with E-state index in [1.807, 2.05) is 36.0 Å². The molecule has 1 aromatic heterocycles. The minimum Gasteiger partial charge on any atom is -0.363 e. The number of anilines is 1. The van der Waals surface area contributed by atoms with Crippen LogP contribution in [0.1, 0.15) is 30.3 Å². The van der Waals surface area contributed by atoms with E-state index in [1.165, 1.54) is 6.42 Å². The Labute approximate surface area is 109 Å². The molecule has 1 unspecified atom stereocenters. The number of likely N-dealkylation sites (tertiary alicyclic amines) is 1. The minimum atomic E-state index is 0.0604. The molecular weight excluding hydrogens is 226 g/mol. The maximum atomic E-state index is 12.4. The Balaban J connectivity index is 2.15. The molecule has 1 fully saturated rings. The Morgan fingerprint density at radius 1 is 1.44 bits per heavy atom. The van der Waals surface area contributed by atoms with Crippen molar-refractivity contribution in [3.8, 4) is 0 Å². The summed E-state index contributed by atoms with van der Waals surface area (Å²) in [4.78, 5) is 20.6. The molecule has 1 amide bonds. The van der Waals surface area contributed by atoms with Crippen LogP contribution in [0.5, 0.6) is 0 Å². The predicted octanol–water partition coefficient (Wildman–Crippen LogP) is 2.02. The molecule has 0 saturated carbocycles. The molecule has 98 valence electrons. The summed E-state index contributed by atoms with van der Waals surface area (Å²) in [5, 5.41) is 0. The zero-order chi connectivity index (χ0) is 13.1. The molecule has 0 spiro atoms. The first-order chi connectivity index (χ1) is 8.58. The number of hydrogen-bond donors (Lipinski definition) is 0. The van der Waals surface area contributed by atoms with Crippen LogP contribution < -0.4 is 4.90 Å². The van der Waals surface area contributed by atoms with Gasteiger partial charge in [-0.3, -0.25) is 4.79 Å². The third kappa shape index (κ3) is 2.81. The van der Waals surface area contributed by atoms with Crippen molar-refractivity contribution >= 4 is 11.7 Å². The smallest absolute Gasteiger partial charge is 0.272 e. The van der Waals surface area contributed by atoms with E-state index in [2.05, 4.69) is 11.9 Å². The average molecular weight is 247 g/mol. The fourth-order valence-corrected chi connectivity index (χ4v) is 2.33. The molecule has 18 heavy (non-hydrogen) atoms. The predicted molar refractivity (Wildman–Crippen MR) is 72.9 cm³/mol. The second-order valence-corrected chi connectivity index (χ2v) is 5.27. The Morgan fingerprint density at radius 3 is 2.89 bits per heavy atom. The molecule has 1 aromatic rings. The molecule has 0 aromatic carbocycles. The third-order valence-electron chi connectivity index (χ3n) is 3.36. The van der Waals surface area contributed by atoms with Crippen molar-refractivity contribution in [3.63, 3.8) is 0 Å². The van der Waals surface area contributed by atoms with E-state index < -0.39 is 0 Å². The minimum absolute atomic E-state index is 0.0604. The SMILES string of the molecule is CC1CCCN(C(=O)c2cccc(N(C)C)n2)C1. The summed E-state index contributed by atoms with van der Waals surface area (Å²) < 4.78 is 0. The topological polar surface area (TPSA) is 36.4 Å². The summed E-state index contributed by atoms with van der Waals surface area (Å²) in [5.41, 5.74) is 0.551. The lowest BCUT2D eigenvalue weighted by molar-refractivity contribution is 0.0677. The van der Waals surface area contributed by atoms with E-state index in [-0.39, 0.29) is 5.91 Å². The normalized spacial score (nSPS) is 19.7. The van der Waals surface area contributed by atoms with Crippen molar-refractivity contribution in [1.82, 2.24) is 9.88 Å². The summed E-state index contributed by atoms with van der Waals surface area (Å²) in [6, 6.07) is 5.60. The van der Waals surface area contributed by atoms with E-state index in [9.17, 15) is 4.79 Å². The number of carbonyl (C=O) groups excluding carboxylic acids is 1. The van der Waals surface area contributed by atoms with Crippen molar-refractivity contribution in [2.45, 2.75) is 19.8 Å². The molecule has 1 atom stereocenters. The van der Waals surface area contributed by atoms with Crippen molar-refractivity contribution in [2.75, 3.05) is 32.1 Å². The molecule has 4 nitrogen and oxygen atoms in total. The van der Waals surface area contributed by atoms with E-state index in [1.54, 1.807) is 6.07 Å². The van der Waals surface area contributed by atoms with Gasteiger partial charge in [-0.25, -0.2) is 4.98 Å². The maximum absolute atomic E-state index is 12.4. The van der Waals surface area contributed by atoms with Gasteiger partial charge in [-0.05, 0) is 30.9 Å². The van der Waals surface area contributed by atoms with Crippen LogP contribution in [0.3, 0.4) is 0 Å². The van der Waals surface area contributed by atoms with Crippen LogP contribution in [0.4, 0.5) is 5.82 Å². The first-order valence-electron chi connectivity index (χ1n) is 6.51. The number of amides is 1. The quantitative estimate of drug-likeness (QED) is 0.802. The molecule has 1 aliphatic rings. The molecule has 4 heteroatoms. The first-order valence-corrected chi connectivity index (χ1v) is 6.51. The van der Waals surface area contributed by atoms with Crippen LogP contribution in [0.2, 0.25) is 0 Å². The van der Waals surface area contributed by atoms with Crippen molar-refractivity contribution in [1.29, 1.82) is 0 Å². The van der Waals surface area contributed by atoms with Gasteiger partial charge in [0.15, 0.2) is 0 Å². The van der Waals surface area contributed by atoms with Crippen molar-refractivity contribution in [2.24, 2.45) is 5.92 Å². The van der Waals surface area contributed by atoms with Gasteiger partial charge in [0.2, 0.25) is 0 Å². The van der Waals surface area contributed by atoms with Gasteiger partial charge in [0, 0.05) is 27.2 Å². The van der Waals surface area contributed by atoms with Crippen LogP contribution in [0.25, 0.3) is 0 Å². The highest BCUT2D eigenvalue weighted by atomic mass is 16.2. The number of pyridine rings is 1. The molecule has 1 saturated heterocycles. The lowest BCUT2D eigenvalue weighted by Crippen LogP contribution is -2.39. The highest BCUT2D eigenvalue weighted by Crippen LogP contribution is 2.18. The van der Waals surface area contributed by atoms with Crippen LogP contribution in [-0.4, -0.2) is 43.0 Å². The summed E-state index contributed by atoms with van der Waals surface area (Å²) in [6.07, 6.45) is 2.31. The average Bonchev–Trinajstić information content (AvgIpc) is 2.38. The van der Waals surface area contributed by atoms with E-state index in [0.29, 0.717) is 11.6 Å². The zero-order valence-corrected chi connectivity index (χ0v) is 11.4. The summed E-state index contributed by atoms with van der Waals surface area (Å²) in [5.74, 6) is 1.48. The van der Waals surface area contributed by atoms with Crippen LogP contribution in [0.15, 0.2) is 18.2 Å². The number of piperidine rings is 1. The fraction of sp³-hybridized carbons (Fsp3) is 0.571. The molecule has 0 aliphatic carbocycles. The van der Waals surface area contributed by atoms with Crippen LogP contribution in [0, 0.1) is 5.92 Å². The number of nitrogens with zero attached hydrogens (tertiary/aromatic N) is 3. The van der Waals surface area contributed by atoms with E-state index in [4.69, 9.17) is 0 Å². The van der Waals surface area contributed by atoms with Gasteiger partial charge < -0.3 is 9.80 Å². The summed E-state index contributed by atoms with van der Waals surface area (Å²) >= 11 is 0. The maximum Gasteiger partial charge on any atom is 0.272 e. The summed E-state index contributed by atoms with van der Waals surface area (Å²) in [7, 11) is 3.86. The van der Waals surface area contributed by atoms with Gasteiger partial charge in [-0.15, -0.1) is 0 Å². The lowest BCUT2D eigenvalue weighted by Gasteiger charge is -2.30. The Morgan fingerprint density at radius 2 is 2.22 bits per heavy atom. The lowest BCUT2D eigenvalue weighted by atomic mass is 10.00. The Kier molecular flexibility index (Phi) is 3.84. The monoisotopic (exact) mass is 247 g/mol. The van der Waals surface area contributed by atoms with Gasteiger partial charge in [0.25, 0.3) is 5.91 Å². The highest BCUT2D eigenvalue weighted by Gasteiger charge is 2.22. The van der Waals surface area contributed by atoms with Gasteiger partial charge in [-0.1, -0.05) is 13.0 Å². The molecular formula is C14H21N3O. The number of aromatic nitrogens is 1.